The van der Waals surface area contributed by atoms with Crippen molar-refractivity contribution in [3.8, 4) is 5.75 Å². The Morgan fingerprint density at radius 3 is 2.04 bits per heavy atom. The van der Waals surface area contributed by atoms with E-state index >= 15 is 0 Å². The van der Waals surface area contributed by atoms with Crippen molar-refractivity contribution in [2.75, 3.05) is 0 Å². The number of allylic oxidation sites excluding steroid dienone is 3. The fourth-order valence-corrected chi connectivity index (χ4v) is 2.76. The van der Waals surface area contributed by atoms with Crippen molar-refractivity contribution >= 4 is 11.6 Å². The maximum Gasteiger partial charge on any atom is 0.193 e. The van der Waals surface area contributed by atoms with Gasteiger partial charge in [0, 0.05) is 11.5 Å². The van der Waals surface area contributed by atoms with Crippen LogP contribution in [0.2, 0.25) is 0 Å². The predicted octanol–water partition coefficient (Wildman–Crippen LogP) is 3.07. The van der Waals surface area contributed by atoms with Crippen LogP contribution < -0.4 is 4.74 Å². The Morgan fingerprint density at radius 2 is 1.58 bits per heavy atom. The lowest BCUT2D eigenvalue weighted by molar-refractivity contribution is -0.137. The van der Waals surface area contributed by atoms with Gasteiger partial charge in [-0.25, -0.2) is 0 Å². The molecule has 0 saturated carbocycles. The molecule has 1 aliphatic carbocycles. The van der Waals surface area contributed by atoms with E-state index in [1.807, 2.05) is 13.0 Å². The summed E-state index contributed by atoms with van der Waals surface area (Å²) in [6.45, 7) is 7.77. The number of rotatable bonds is 6. The molecule has 2 N–H and O–H groups in total. The molecule has 0 heterocycles. The molecule has 26 heavy (non-hydrogen) atoms. The summed E-state index contributed by atoms with van der Waals surface area (Å²) >= 11 is 0. The van der Waals surface area contributed by atoms with Gasteiger partial charge in [0.15, 0.2) is 11.6 Å². The number of aliphatic hydroxyl groups is 2. The molecule has 0 spiro atoms. The predicted molar refractivity (Wildman–Crippen MR) is 98.9 cm³/mol. The van der Waals surface area contributed by atoms with Crippen molar-refractivity contribution < 1.29 is 24.5 Å². The lowest BCUT2D eigenvalue weighted by atomic mass is 9.80. The monoisotopic (exact) mass is 358 g/mol. The normalized spacial score (nSPS) is 20.5. The lowest BCUT2D eigenvalue weighted by Crippen LogP contribution is -2.39. The molecule has 0 aliphatic heterocycles. The molecule has 140 valence electrons. The third-order valence-electron chi connectivity index (χ3n) is 4.28. The van der Waals surface area contributed by atoms with Gasteiger partial charge in [-0.3, -0.25) is 9.59 Å². The molecular weight excluding hydrogens is 332 g/mol. The van der Waals surface area contributed by atoms with Crippen molar-refractivity contribution in [1.29, 1.82) is 0 Å². The first-order chi connectivity index (χ1) is 11.9. The second kappa shape index (κ2) is 7.17. The topological polar surface area (TPSA) is 83.8 Å². The molecule has 0 aromatic heterocycles. The van der Waals surface area contributed by atoms with Gasteiger partial charge in [-0.2, -0.15) is 0 Å². The summed E-state index contributed by atoms with van der Waals surface area (Å²) in [6, 6.07) is 6.53. The summed E-state index contributed by atoms with van der Waals surface area (Å²) in [4.78, 5) is 24.3. The number of hydrogen-bond acceptors (Lipinski definition) is 5. The Labute approximate surface area is 154 Å². The molecule has 2 rings (SSSR count). The summed E-state index contributed by atoms with van der Waals surface area (Å²) in [7, 11) is 0. The minimum atomic E-state index is -1.42. The van der Waals surface area contributed by atoms with E-state index in [4.69, 9.17) is 4.74 Å². The number of hydrogen-bond donors (Lipinski definition) is 2. The molecule has 5 nitrogen and oxygen atoms in total. The van der Waals surface area contributed by atoms with Crippen LogP contribution in [0.4, 0.5) is 0 Å². The van der Waals surface area contributed by atoms with Gasteiger partial charge >= 0.3 is 0 Å². The molecular formula is C21H26O5. The lowest BCUT2D eigenvalue weighted by Gasteiger charge is -2.27. The van der Waals surface area contributed by atoms with Crippen LogP contribution in [-0.4, -0.2) is 33.0 Å². The van der Waals surface area contributed by atoms with Crippen LogP contribution in [0.1, 0.15) is 45.0 Å². The highest BCUT2D eigenvalue weighted by Gasteiger charge is 2.34. The summed E-state index contributed by atoms with van der Waals surface area (Å²) in [5.74, 6) is 0.0547. The van der Waals surface area contributed by atoms with Crippen LogP contribution in [0, 0.1) is 11.8 Å². The molecule has 5 heteroatoms. The van der Waals surface area contributed by atoms with E-state index in [9.17, 15) is 19.8 Å². The summed E-state index contributed by atoms with van der Waals surface area (Å²) < 4.78 is 5.79. The molecule has 0 bridgehead atoms. The average molecular weight is 358 g/mol. The number of ether oxygens (including phenoxy) is 1. The van der Waals surface area contributed by atoms with E-state index in [1.54, 1.807) is 36.4 Å². The van der Waals surface area contributed by atoms with Gasteiger partial charge in [0.1, 0.15) is 22.7 Å². The number of ketones is 2. The minimum Gasteiger partial charge on any atom is -0.458 e. The average Bonchev–Trinajstić information content (AvgIpc) is 2.53. The molecule has 1 aromatic rings. The first-order valence-electron chi connectivity index (χ1n) is 8.61. The van der Waals surface area contributed by atoms with E-state index in [0.29, 0.717) is 17.1 Å². The number of benzene rings is 1. The van der Waals surface area contributed by atoms with Crippen LogP contribution in [0.15, 0.2) is 48.3 Å². The van der Waals surface area contributed by atoms with Gasteiger partial charge in [0.25, 0.3) is 0 Å². The minimum absolute atomic E-state index is 0.107. The second-order valence-electron chi connectivity index (χ2n) is 7.75. The highest BCUT2D eigenvalue weighted by atomic mass is 16.5. The van der Waals surface area contributed by atoms with Gasteiger partial charge < -0.3 is 14.9 Å². The maximum atomic E-state index is 12.3. The van der Waals surface area contributed by atoms with E-state index < -0.39 is 17.1 Å². The zero-order chi connectivity index (χ0) is 19.7. The van der Waals surface area contributed by atoms with Crippen LogP contribution in [-0.2, 0) is 4.79 Å². The highest BCUT2D eigenvalue weighted by molar-refractivity contribution is 6.01. The van der Waals surface area contributed by atoms with Crippen LogP contribution >= 0.6 is 0 Å². The van der Waals surface area contributed by atoms with Crippen molar-refractivity contribution in [2.24, 2.45) is 11.8 Å². The molecule has 0 radical (unpaired) electrons. The van der Waals surface area contributed by atoms with E-state index in [0.717, 1.165) is 0 Å². The van der Waals surface area contributed by atoms with Crippen molar-refractivity contribution in [1.82, 2.24) is 0 Å². The second-order valence-corrected chi connectivity index (χ2v) is 7.75. The van der Waals surface area contributed by atoms with Gasteiger partial charge in [0.05, 0.1) is 0 Å². The Morgan fingerprint density at radius 1 is 1.00 bits per heavy atom. The summed E-state index contributed by atoms with van der Waals surface area (Å²) in [6.07, 6.45) is 5.29. The Kier molecular flexibility index (Phi) is 5.54. The van der Waals surface area contributed by atoms with Gasteiger partial charge in [-0.05, 0) is 70.0 Å². The third-order valence-corrected chi connectivity index (χ3v) is 4.28. The Hall–Kier alpha value is -2.24. The number of carbonyl (C=O) groups excluding carboxylic acids is 2. The van der Waals surface area contributed by atoms with Gasteiger partial charge in [-0.15, -0.1) is 0 Å². The first-order valence-corrected chi connectivity index (χ1v) is 8.61. The SMILES string of the molecule is CC1C=C(Oc2ccc(C(=O)C(C)(C)O)cc2)C=CC1C(=O)C(C)(C)O. The number of carbonyl (C=O) groups is 2. The molecule has 2 unspecified atom stereocenters. The number of Topliss-reactive ketones (excluding diaryl/α,β-unsaturated/α-hetero) is 2. The maximum absolute atomic E-state index is 12.3. The first kappa shape index (κ1) is 20.1. The molecule has 0 amide bonds. The smallest absolute Gasteiger partial charge is 0.193 e. The standard InChI is InChI=1S/C21H26O5/c1-13-12-16(10-11-17(13)19(23)21(4,5)25)26-15-8-6-14(7-9-15)18(22)20(2,3)24/h6-13,17,24-25H,1-5H3. The molecule has 1 aromatic carbocycles. The zero-order valence-corrected chi connectivity index (χ0v) is 15.8. The summed E-state index contributed by atoms with van der Waals surface area (Å²) in [5, 5.41) is 19.7. The van der Waals surface area contributed by atoms with E-state index in [2.05, 4.69) is 0 Å². The van der Waals surface area contributed by atoms with Gasteiger partial charge in [-0.1, -0.05) is 13.0 Å². The van der Waals surface area contributed by atoms with Gasteiger partial charge in [0.2, 0.25) is 0 Å². The van der Waals surface area contributed by atoms with Crippen molar-refractivity contribution in [3.63, 3.8) is 0 Å². The van der Waals surface area contributed by atoms with Crippen LogP contribution in [0.3, 0.4) is 0 Å². The molecule has 2 atom stereocenters. The summed E-state index contributed by atoms with van der Waals surface area (Å²) in [5.41, 5.74) is -2.39. The third kappa shape index (κ3) is 4.68. The highest BCUT2D eigenvalue weighted by Crippen LogP contribution is 2.28. The fraction of sp³-hybridized carbons (Fsp3) is 0.429. The van der Waals surface area contributed by atoms with Crippen molar-refractivity contribution in [3.05, 3.63) is 53.8 Å². The zero-order valence-electron chi connectivity index (χ0n) is 15.8. The van der Waals surface area contributed by atoms with E-state index in [1.165, 1.54) is 27.7 Å². The van der Waals surface area contributed by atoms with Crippen LogP contribution in [0.5, 0.6) is 5.75 Å². The van der Waals surface area contributed by atoms with E-state index in [-0.39, 0.29) is 17.5 Å². The molecule has 0 saturated heterocycles. The fourth-order valence-electron chi connectivity index (χ4n) is 2.76. The largest absolute Gasteiger partial charge is 0.458 e. The molecule has 0 fully saturated rings. The van der Waals surface area contributed by atoms with Crippen LogP contribution in [0.25, 0.3) is 0 Å². The Balaban J connectivity index is 2.08. The quantitative estimate of drug-likeness (QED) is 0.764. The Bertz CT molecular complexity index is 742. The van der Waals surface area contributed by atoms with Crippen molar-refractivity contribution in [2.45, 2.75) is 45.8 Å². The molecule has 1 aliphatic rings.